The van der Waals surface area contributed by atoms with Gasteiger partial charge in [0.1, 0.15) is 5.00 Å². The minimum atomic E-state index is -0.528. The van der Waals surface area contributed by atoms with Crippen LogP contribution in [-0.2, 0) is 0 Å². The molecule has 1 aromatic heterocycles. The van der Waals surface area contributed by atoms with E-state index in [2.05, 4.69) is 5.32 Å². The van der Waals surface area contributed by atoms with E-state index >= 15 is 0 Å². The maximum atomic E-state index is 12.5. The number of nitrogens with one attached hydrogen (secondary N) is 1. The number of carbonyl (C=O) groups is 2. The number of thiophene rings is 1. The van der Waals surface area contributed by atoms with Crippen molar-refractivity contribution in [2.24, 2.45) is 5.73 Å². The second kappa shape index (κ2) is 6.32. The Labute approximate surface area is 134 Å². The summed E-state index contributed by atoms with van der Waals surface area (Å²) in [6.07, 6.45) is 0. The minimum absolute atomic E-state index is 0.221. The first-order chi connectivity index (χ1) is 10.3. The maximum Gasteiger partial charge on any atom is 0.256 e. The number of hydrogen-bond acceptors (Lipinski definition) is 3. The van der Waals surface area contributed by atoms with Gasteiger partial charge in [0.05, 0.1) is 5.56 Å². The van der Waals surface area contributed by atoms with Crippen molar-refractivity contribution in [1.82, 2.24) is 0 Å². The van der Waals surface area contributed by atoms with Gasteiger partial charge in [-0.15, -0.1) is 11.3 Å². The van der Waals surface area contributed by atoms with E-state index in [1.165, 1.54) is 11.3 Å². The molecule has 5 heteroatoms. The van der Waals surface area contributed by atoms with Crippen molar-refractivity contribution in [1.29, 1.82) is 0 Å². The molecule has 1 aromatic carbocycles. The Morgan fingerprint density at radius 3 is 2.41 bits per heavy atom. The fourth-order valence-corrected chi connectivity index (χ4v) is 3.18. The SMILES string of the molecule is Cc1ccc(C)c(C(=O)Nc2sc(C(C)C)cc2C(N)=O)c1. The summed E-state index contributed by atoms with van der Waals surface area (Å²) in [5.74, 6) is -0.477. The lowest BCUT2D eigenvalue weighted by atomic mass is 10.1. The number of nitrogens with two attached hydrogens (primary N) is 1. The second-order valence-corrected chi connectivity index (χ2v) is 6.77. The van der Waals surface area contributed by atoms with Gasteiger partial charge in [-0.05, 0) is 37.5 Å². The van der Waals surface area contributed by atoms with Gasteiger partial charge in [0.25, 0.3) is 11.8 Å². The molecule has 116 valence electrons. The summed E-state index contributed by atoms with van der Waals surface area (Å²) in [6.45, 7) is 7.89. The van der Waals surface area contributed by atoms with E-state index in [0.717, 1.165) is 16.0 Å². The van der Waals surface area contributed by atoms with Gasteiger partial charge >= 0.3 is 0 Å². The molecule has 2 amide bonds. The van der Waals surface area contributed by atoms with Crippen LogP contribution in [0.15, 0.2) is 24.3 Å². The Bertz CT molecular complexity index is 732. The number of benzene rings is 1. The van der Waals surface area contributed by atoms with Crippen LogP contribution in [-0.4, -0.2) is 11.8 Å². The first kappa shape index (κ1) is 16.2. The van der Waals surface area contributed by atoms with Crippen LogP contribution in [0.4, 0.5) is 5.00 Å². The normalized spacial score (nSPS) is 10.8. The van der Waals surface area contributed by atoms with Crippen molar-refractivity contribution in [3.63, 3.8) is 0 Å². The van der Waals surface area contributed by atoms with Crippen molar-refractivity contribution in [3.8, 4) is 0 Å². The molecular formula is C17H20N2O2S. The predicted octanol–water partition coefficient (Wildman–Crippen LogP) is 3.84. The van der Waals surface area contributed by atoms with Crippen LogP contribution in [0.5, 0.6) is 0 Å². The molecular weight excluding hydrogens is 296 g/mol. The Hall–Kier alpha value is -2.14. The topological polar surface area (TPSA) is 72.2 Å². The molecule has 0 fully saturated rings. The number of hydrogen-bond donors (Lipinski definition) is 2. The third kappa shape index (κ3) is 3.36. The van der Waals surface area contributed by atoms with E-state index in [1.807, 2.05) is 45.9 Å². The van der Waals surface area contributed by atoms with Crippen molar-refractivity contribution < 1.29 is 9.59 Å². The zero-order valence-corrected chi connectivity index (χ0v) is 14.0. The molecule has 0 unspecified atom stereocenters. The number of aryl methyl sites for hydroxylation is 2. The van der Waals surface area contributed by atoms with E-state index in [0.29, 0.717) is 16.1 Å². The molecule has 1 heterocycles. The summed E-state index contributed by atoms with van der Waals surface area (Å²) in [5, 5.41) is 3.35. The van der Waals surface area contributed by atoms with E-state index in [4.69, 9.17) is 5.73 Å². The van der Waals surface area contributed by atoms with Crippen molar-refractivity contribution in [3.05, 3.63) is 51.4 Å². The summed E-state index contributed by atoms with van der Waals surface area (Å²) in [5.41, 5.74) is 8.29. The van der Waals surface area contributed by atoms with Gasteiger partial charge in [-0.1, -0.05) is 31.5 Å². The molecule has 3 N–H and O–H groups in total. The first-order valence-electron chi connectivity index (χ1n) is 7.11. The molecule has 0 atom stereocenters. The lowest BCUT2D eigenvalue weighted by Gasteiger charge is -2.08. The number of primary amides is 1. The molecule has 0 aliphatic rings. The Morgan fingerprint density at radius 1 is 1.14 bits per heavy atom. The molecule has 0 spiro atoms. The number of anilines is 1. The van der Waals surface area contributed by atoms with Gasteiger partial charge in [-0.25, -0.2) is 0 Å². The molecule has 0 aliphatic carbocycles. The van der Waals surface area contributed by atoms with E-state index in [9.17, 15) is 9.59 Å². The van der Waals surface area contributed by atoms with Crippen LogP contribution in [0.25, 0.3) is 0 Å². The monoisotopic (exact) mass is 316 g/mol. The largest absolute Gasteiger partial charge is 0.366 e. The van der Waals surface area contributed by atoms with E-state index in [-0.39, 0.29) is 11.8 Å². The molecule has 2 aromatic rings. The molecule has 0 saturated heterocycles. The lowest BCUT2D eigenvalue weighted by Crippen LogP contribution is -2.17. The highest BCUT2D eigenvalue weighted by Gasteiger charge is 2.18. The summed E-state index contributed by atoms with van der Waals surface area (Å²) in [4.78, 5) is 25.1. The highest BCUT2D eigenvalue weighted by atomic mass is 32.1. The Kier molecular flexibility index (Phi) is 4.66. The van der Waals surface area contributed by atoms with Crippen molar-refractivity contribution >= 4 is 28.2 Å². The van der Waals surface area contributed by atoms with Crippen LogP contribution < -0.4 is 11.1 Å². The van der Waals surface area contributed by atoms with Crippen LogP contribution >= 0.6 is 11.3 Å². The fourth-order valence-electron chi connectivity index (χ4n) is 2.12. The third-order valence-corrected chi connectivity index (χ3v) is 4.80. The van der Waals surface area contributed by atoms with Gasteiger partial charge in [-0.2, -0.15) is 0 Å². The van der Waals surface area contributed by atoms with Gasteiger partial charge < -0.3 is 11.1 Å². The zero-order chi connectivity index (χ0) is 16.4. The third-order valence-electron chi connectivity index (χ3n) is 3.45. The maximum absolute atomic E-state index is 12.5. The molecule has 4 nitrogen and oxygen atoms in total. The van der Waals surface area contributed by atoms with Crippen LogP contribution in [0.3, 0.4) is 0 Å². The highest BCUT2D eigenvalue weighted by Crippen LogP contribution is 2.33. The predicted molar refractivity (Wildman–Crippen MR) is 90.8 cm³/mol. The van der Waals surface area contributed by atoms with E-state index in [1.54, 1.807) is 6.07 Å². The van der Waals surface area contributed by atoms with Crippen molar-refractivity contribution in [2.75, 3.05) is 5.32 Å². The fraction of sp³-hybridized carbons (Fsp3) is 0.294. The summed E-state index contributed by atoms with van der Waals surface area (Å²) < 4.78 is 0. The molecule has 0 bridgehead atoms. The minimum Gasteiger partial charge on any atom is -0.366 e. The molecule has 0 radical (unpaired) electrons. The van der Waals surface area contributed by atoms with Gasteiger partial charge in [0.2, 0.25) is 0 Å². The number of carbonyl (C=O) groups excluding carboxylic acids is 2. The van der Waals surface area contributed by atoms with E-state index < -0.39 is 5.91 Å². The molecule has 22 heavy (non-hydrogen) atoms. The van der Waals surface area contributed by atoms with Gasteiger partial charge in [0.15, 0.2) is 0 Å². The highest BCUT2D eigenvalue weighted by molar-refractivity contribution is 7.16. The summed E-state index contributed by atoms with van der Waals surface area (Å²) >= 11 is 1.40. The Morgan fingerprint density at radius 2 is 1.82 bits per heavy atom. The zero-order valence-electron chi connectivity index (χ0n) is 13.2. The van der Waals surface area contributed by atoms with Crippen molar-refractivity contribution in [2.45, 2.75) is 33.6 Å². The molecule has 0 aliphatic heterocycles. The standard InChI is InChI=1S/C17H20N2O2S/c1-9(2)14-8-13(15(18)20)17(22-14)19-16(21)12-7-10(3)5-6-11(12)4/h5-9H,1-4H3,(H2,18,20)(H,19,21). The average molecular weight is 316 g/mol. The second-order valence-electron chi connectivity index (χ2n) is 5.68. The number of rotatable bonds is 4. The van der Waals surface area contributed by atoms with Crippen LogP contribution in [0.1, 0.15) is 56.5 Å². The average Bonchev–Trinajstić information content (AvgIpc) is 2.85. The smallest absolute Gasteiger partial charge is 0.256 e. The van der Waals surface area contributed by atoms with Gasteiger partial charge in [-0.3, -0.25) is 9.59 Å². The van der Waals surface area contributed by atoms with Crippen LogP contribution in [0.2, 0.25) is 0 Å². The van der Waals surface area contributed by atoms with Gasteiger partial charge in [0, 0.05) is 10.4 Å². The molecule has 0 saturated carbocycles. The lowest BCUT2D eigenvalue weighted by molar-refractivity contribution is 0.100. The molecule has 2 rings (SSSR count). The first-order valence-corrected chi connectivity index (χ1v) is 7.93. The number of amides is 2. The summed E-state index contributed by atoms with van der Waals surface area (Å²) in [7, 11) is 0. The quantitative estimate of drug-likeness (QED) is 0.899. The van der Waals surface area contributed by atoms with Crippen LogP contribution in [0, 0.1) is 13.8 Å². The summed E-state index contributed by atoms with van der Waals surface area (Å²) in [6, 6.07) is 7.47. The Balaban J connectivity index is 2.35.